The topological polar surface area (TPSA) is 21.3 Å². The number of rotatable bonds is 8. The van der Waals surface area contributed by atoms with Crippen molar-refractivity contribution >= 4 is 11.3 Å². The van der Waals surface area contributed by atoms with Gasteiger partial charge in [-0.15, -0.1) is 11.3 Å². The predicted octanol–water partition coefficient (Wildman–Crippen LogP) is 3.27. The molecule has 0 atom stereocenters. The summed E-state index contributed by atoms with van der Waals surface area (Å²) in [4.78, 5) is 1.39. The average molecular weight is 275 g/mol. The molecule has 19 heavy (non-hydrogen) atoms. The van der Waals surface area contributed by atoms with Crippen molar-refractivity contribution in [2.45, 2.75) is 19.4 Å². The molecule has 0 bridgehead atoms. The summed E-state index contributed by atoms with van der Waals surface area (Å²) in [6, 6.07) is 12.9. The monoisotopic (exact) mass is 275 g/mol. The van der Waals surface area contributed by atoms with Gasteiger partial charge in [0, 0.05) is 11.3 Å². The summed E-state index contributed by atoms with van der Waals surface area (Å²) in [7, 11) is 1.98. The van der Waals surface area contributed by atoms with Crippen molar-refractivity contribution in [2.24, 2.45) is 0 Å². The van der Waals surface area contributed by atoms with Crippen molar-refractivity contribution in [3.05, 3.63) is 57.8 Å². The second-order valence-electron chi connectivity index (χ2n) is 4.55. The summed E-state index contributed by atoms with van der Waals surface area (Å²) in [6.07, 6.45) is 2.09. The lowest BCUT2D eigenvalue weighted by molar-refractivity contribution is 0.124. The van der Waals surface area contributed by atoms with E-state index >= 15 is 0 Å². The highest BCUT2D eigenvalue weighted by atomic mass is 32.1. The Morgan fingerprint density at radius 2 is 1.84 bits per heavy atom. The van der Waals surface area contributed by atoms with Gasteiger partial charge in [0.05, 0.1) is 13.2 Å². The first-order valence-electron chi connectivity index (χ1n) is 6.71. The van der Waals surface area contributed by atoms with Gasteiger partial charge in [-0.2, -0.15) is 0 Å². The highest BCUT2D eigenvalue weighted by Crippen LogP contribution is 2.10. The molecule has 0 unspecified atom stereocenters. The first-order chi connectivity index (χ1) is 9.38. The average Bonchev–Trinajstić information content (AvgIpc) is 2.96. The van der Waals surface area contributed by atoms with Crippen LogP contribution in [-0.2, 0) is 24.2 Å². The Balaban J connectivity index is 1.68. The summed E-state index contributed by atoms with van der Waals surface area (Å²) in [5.41, 5.74) is 2.62. The molecule has 0 aliphatic heterocycles. The zero-order valence-corrected chi connectivity index (χ0v) is 12.2. The molecule has 2 aromatic rings. The van der Waals surface area contributed by atoms with E-state index in [0.29, 0.717) is 6.61 Å². The standard InChI is InChI=1S/C16H21NOS/c1-17-10-8-14-4-6-15(7-5-14)13-18-11-9-16-3-2-12-19-16/h2-7,12,17H,8-11,13H2,1H3. The lowest BCUT2D eigenvalue weighted by Crippen LogP contribution is -2.10. The summed E-state index contributed by atoms with van der Waals surface area (Å²) in [6.45, 7) is 2.52. The van der Waals surface area contributed by atoms with Crippen LogP contribution in [0.25, 0.3) is 0 Å². The van der Waals surface area contributed by atoms with Crippen LogP contribution in [0.15, 0.2) is 41.8 Å². The molecule has 102 valence electrons. The Morgan fingerprint density at radius 3 is 2.53 bits per heavy atom. The minimum Gasteiger partial charge on any atom is -0.376 e. The zero-order valence-electron chi connectivity index (χ0n) is 11.4. The Hall–Kier alpha value is -1.16. The first-order valence-corrected chi connectivity index (χ1v) is 7.59. The molecule has 2 nitrogen and oxygen atoms in total. The molecular weight excluding hydrogens is 254 g/mol. The Kier molecular flexibility index (Phi) is 6.08. The van der Waals surface area contributed by atoms with Gasteiger partial charge in [0.2, 0.25) is 0 Å². The summed E-state index contributed by atoms with van der Waals surface area (Å²) in [5, 5.41) is 5.27. The Bertz CT molecular complexity index is 450. The van der Waals surface area contributed by atoms with Crippen molar-refractivity contribution in [3.63, 3.8) is 0 Å². The number of nitrogens with one attached hydrogen (secondary N) is 1. The van der Waals surface area contributed by atoms with E-state index < -0.39 is 0 Å². The zero-order chi connectivity index (χ0) is 13.3. The van der Waals surface area contributed by atoms with Gasteiger partial charge in [-0.25, -0.2) is 0 Å². The van der Waals surface area contributed by atoms with Gasteiger partial charge in [0.25, 0.3) is 0 Å². The van der Waals surface area contributed by atoms with Gasteiger partial charge >= 0.3 is 0 Å². The second kappa shape index (κ2) is 8.10. The summed E-state index contributed by atoms with van der Waals surface area (Å²) >= 11 is 1.79. The van der Waals surface area contributed by atoms with Crippen LogP contribution in [0.4, 0.5) is 0 Å². The molecular formula is C16H21NOS. The number of benzene rings is 1. The molecule has 0 aliphatic rings. The van der Waals surface area contributed by atoms with Crippen molar-refractivity contribution in [1.82, 2.24) is 5.32 Å². The maximum absolute atomic E-state index is 5.71. The second-order valence-corrected chi connectivity index (χ2v) is 5.58. The third-order valence-corrected chi connectivity index (χ3v) is 3.96. The predicted molar refractivity (Wildman–Crippen MR) is 81.8 cm³/mol. The highest BCUT2D eigenvalue weighted by Gasteiger charge is 1.97. The van der Waals surface area contributed by atoms with E-state index in [1.165, 1.54) is 16.0 Å². The molecule has 3 heteroatoms. The fraction of sp³-hybridized carbons (Fsp3) is 0.375. The molecule has 0 radical (unpaired) electrons. The first kappa shape index (κ1) is 14.3. The number of thiophene rings is 1. The van der Waals surface area contributed by atoms with Gasteiger partial charge in [0.1, 0.15) is 0 Å². The molecule has 0 saturated carbocycles. The van der Waals surface area contributed by atoms with Gasteiger partial charge < -0.3 is 10.1 Å². The molecule has 1 heterocycles. The fourth-order valence-corrected chi connectivity index (χ4v) is 2.58. The smallest absolute Gasteiger partial charge is 0.0717 e. The fourth-order valence-electron chi connectivity index (χ4n) is 1.89. The number of likely N-dealkylation sites (N-methyl/N-ethyl adjacent to an activating group) is 1. The lowest BCUT2D eigenvalue weighted by Gasteiger charge is -2.05. The van der Waals surface area contributed by atoms with Crippen molar-refractivity contribution < 1.29 is 4.74 Å². The largest absolute Gasteiger partial charge is 0.376 e. The number of hydrogen-bond donors (Lipinski definition) is 1. The quantitative estimate of drug-likeness (QED) is 0.747. The van der Waals surface area contributed by atoms with Crippen LogP contribution >= 0.6 is 11.3 Å². The van der Waals surface area contributed by atoms with Crippen molar-refractivity contribution in [3.8, 4) is 0 Å². The van der Waals surface area contributed by atoms with E-state index in [1.54, 1.807) is 11.3 Å². The normalized spacial score (nSPS) is 10.8. The minimum atomic E-state index is 0.706. The lowest BCUT2D eigenvalue weighted by atomic mass is 10.1. The maximum Gasteiger partial charge on any atom is 0.0717 e. The Morgan fingerprint density at radius 1 is 1.05 bits per heavy atom. The Labute approximate surface area is 119 Å². The molecule has 1 N–H and O–H groups in total. The van der Waals surface area contributed by atoms with Gasteiger partial charge in [0.15, 0.2) is 0 Å². The van der Waals surface area contributed by atoms with Crippen LogP contribution in [0.2, 0.25) is 0 Å². The van der Waals surface area contributed by atoms with E-state index in [1.807, 2.05) is 7.05 Å². The van der Waals surface area contributed by atoms with Crippen LogP contribution in [0, 0.1) is 0 Å². The van der Waals surface area contributed by atoms with E-state index in [2.05, 4.69) is 47.1 Å². The summed E-state index contributed by atoms with van der Waals surface area (Å²) in [5.74, 6) is 0. The van der Waals surface area contributed by atoms with E-state index in [-0.39, 0.29) is 0 Å². The van der Waals surface area contributed by atoms with Crippen molar-refractivity contribution in [2.75, 3.05) is 20.2 Å². The maximum atomic E-state index is 5.71. The van der Waals surface area contributed by atoms with Crippen molar-refractivity contribution in [1.29, 1.82) is 0 Å². The van der Waals surface area contributed by atoms with Gasteiger partial charge in [-0.05, 0) is 42.6 Å². The molecule has 0 saturated heterocycles. The van der Waals surface area contributed by atoms with Crippen LogP contribution in [-0.4, -0.2) is 20.2 Å². The molecule has 1 aromatic carbocycles. The van der Waals surface area contributed by atoms with E-state index in [4.69, 9.17) is 4.74 Å². The summed E-state index contributed by atoms with van der Waals surface area (Å²) < 4.78 is 5.71. The molecule has 1 aromatic heterocycles. The number of ether oxygens (including phenoxy) is 1. The molecule has 0 aliphatic carbocycles. The van der Waals surface area contributed by atoms with Gasteiger partial charge in [-0.1, -0.05) is 30.3 Å². The molecule has 0 amide bonds. The third kappa shape index (κ3) is 5.15. The SMILES string of the molecule is CNCCc1ccc(COCCc2cccs2)cc1. The van der Waals surface area contributed by atoms with Crippen LogP contribution in [0.1, 0.15) is 16.0 Å². The van der Waals surface area contributed by atoms with E-state index in [9.17, 15) is 0 Å². The minimum absolute atomic E-state index is 0.706. The van der Waals surface area contributed by atoms with Crippen LogP contribution in [0.5, 0.6) is 0 Å². The molecule has 0 fully saturated rings. The third-order valence-electron chi connectivity index (χ3n) is 3.03. The van der Waals surface area contributed by atoms with Gasteiger partial charge in [-0.3, -0.25) is 0 Å². The van der Waals surface area contributed by atoms with Crippen LogP contribution < -0.4 is 5.32 Å². The van der Waals surface area contributed by atoms with Crippen LogP contribution in [0.3, 0.4) is 0 Å². The molecule has 0 spiro atoms. The highest BCUT2D eigenvalue weighted by molar-refractivity contribution is 7.09. The molecule has 2 rings (SSSR count). The van der Waals surface area contributed by atoms with E-state index in [0.717, 1.165) is 26.0 Å². The number of hydrogen-bond acceptors (Lipinski definition) is 3.